The van der Waals surface area contributed by atoms with Crippen LogP contribution in [0.2, 0.25) is 0 Å². The first-order chi connectivity index (χ1) is 13.4. The highest BCUT2D eigenvalue weighted by molar-refractivity contribution is 5.62. The van der Waals surface area contributed by atoms with Crippen LogP contribution < -0.4 is 31.6 Å². The number of anilines is 4. The first kappa shape index (κ1) is 21.5. The number of quaternary nitrogens is 1. The number of hydrogen-bond acceptors (Lipinski definition) is 6. The van der Waals surface area contributed by atoms with E-state index in [-0.39, 0.29) is 0 Å². The molecule has 2 aromatic rings. The molecule has 0 amide bonds. The minimum absolute atomic E-state index is 0.646. The molecule has 0 fully saturated rings. The van der Waals surface area contributed by atoms with Gasteiger partial charge >= 0.3 is 0 Å². The van der Waals surface area contributed by atoms with Gasteiger partial charge in [0, 0.05) is 23.5 Å². The van der Waals surface area contributed by atoms with Crippen LogP contribution in [0.15, 0.2) is 36.4 Å². The topological polar surface area (TPSA) is 94.6 Å². The summed E-state index contributed by atoms with van der Waals surface area (Å²) in [5.74, 6) is 1.39. The van der Waals surface area contributed by atoms with Crippen LogP contribution in [-0.2, 0) is 0 Å². The molecule has 2 aromatic carbocycles. The molecule has 0 aliphatic carbocycles. The standard InChI is InChI=1S/C21H34N5O2/c1-5-26(2,12-10-24-16-6-8-18(22)20(14-16)27-3)13-11-25-17-7-9-19(23)21(15-17)28-4/h6-9,14-15,24-25H,5,10-13,22-23H2,1-4H3/q+1. The SMILES string of the molecule is CC[N+](C)(CCNc1ccc(N)c(OC)c1)CCNc1ccc(N)c(OC)c1. The summed E-state index contributed by atoms with van der Waals surface area (Å²) in [6, 6.07) is 11.5. The van der Waals surface area contributed by atoms with Gasteiger partial charge in [-0.1, -0.05) is 0 Å². The normalized spacial score (nSPS) is 11.1. The zero-order valence-corrected chi connectivity index (χ0v) is 17.4. The Morgan fingerprint density at radius 1 is 0.821 bits per heavy atom. The maximum atomic E-state index is 5.87. The fraction of sp³-hybridized carbons (Fsp3) is 0.429. The molecule has 0 atom stereocenters. The van der Waals surface area contributed by atoms with E-state index in [9.17, 15) is 0 Å². The molecule has 7 nitrogen and oxygen atoms in total. The summed E-state index contributed by atoms with van der Waals surface area (Å²) in [6.07, 6.45) is 0. The van der Waals surface area contributed by atoms with Crippen molar-refractivity contribution in [2.45, 2.75) is 6.92 Å². The van der Waals surface area contributed by atoms with Gasteiger partial charge in [-0.2, -0.15) is 0 Å². The largest absolute Gasteiger partial charge is 0.495 e. The summed E-state index contributed by atoms with van der Waals surface area (Å²) >= 11 is 0. The Labute approximate surface area is 168 Å². The molecule has 6 N–H and O–H groups in total. The Bertz CT molecular complexity index is 707. The van der Waals surface area contributed by atoms with E-state index in [1.54, 1.807) is 14.2 Å². The minimum Gasteiger partial charge on any atom is -0.495 e. The van der Waals surface area contributed by atoms with E-state index in [2.05, 4.69) is 24.6 Å². The van der Waals surface area contributed by atoms with Crippen molar-refractivity contribution in [3.05, 3.63) is 36.4 Å². The third-order valence-electron chi connectivity index (χ3n) is 5.19. The van der Waals surface area contributed by atoms with Gasteiger partial charge in [0.2, 0.25) is 0 Å². The lowest BCUT2D eigenvalue weighted by Crippen LogP contribution is -2.49. The predicted molar refractivity (Wildman–Crippen MR) is 118 cm³/mol. The third-order valence-corrected chi connectivity index (χ3v) is 5.19. The molecule has 0 unspecified atom stereocenters. The monoisotopic (exact) mass is 388 g/mol. The molecule has 154 valence electrons. The number of likely N-dealkylation sites (N-methyl/N-ethyl adjacent to an activating group) is 1. The van der Waals surface area contributed by atoms with E-state index < -0.39 is 0 Å². The van der Waals surface area contributed by atoms with E-state index in [1.165, 1.54) is 0 Å². The molecule has 0 aliphatic heterocycles. The summed E-state index contributed by atoms with van der Waals surface area (Å²) in [4.78, 5) is 0. The molecule has 0 aliphatic rings. The summed E-state index contributed by atoms with van der Waals surface area (Å²) in [7, 11) is 5.53. The van der Waals surface area contributed by atoms with Crippen molar-refractivity contribution in [1.82, 2.24) is 0 Å². The minimum atomic E-state index is 0.646. The number of nitrogens with one attached hydrogen (secondary N) is 2. The molecular formula is C21H34N5O2+. The van der Waals surface area contributed by atoms with Gasteiger partial charge in [0.25, 0.3) is 0 Å². The second-order valence-electron chi connectivity index (χ2n) is 7.15. The van der Waals surface area contributed by atoms with E-state index in [0.29, 0.717) is 22.9 Å². The summed E-state index contributed by atoms with van der Waals surface area (Å²) in [6.45, 7) is 7.03. The van der Waals surface area contributed by atoms with E-state index in [4.69, 9.17) is 20.9 Å². The van der Waals surface area contributed by atoms with Crippen LogP contribution in [0.5, 0.6) is 11.5 Å². The Hall–Kier alpha value is -2.80. The Kier molecular flexibility index (Phi) is 7.63. The number of benzene rings is 2. The van der Waals surface area contributed by atoms with E-state index in [0.717, 1.165) is 48.6 Å². The molecule has 7 heteroatoms. The van der Waals surface area contributed by atoms with Crippen molar-refractivity contribution in [3.63, 3.8) is 0 Å². The van der Waals surface area contributed by atoms with Crippen LogP contribution in [0.25, 0.3) is 0 Å². The van der Waals surface area contributed by atoms with Crippen LogP contribution in [0.3, 0.4) is 0 Å². The van der Waals surface area contributed by atoms with Gasteiger partial charge in [-0.25, -0.2) is 0 Å². The highest BCUT2D eigenvalue weighted by Crippen LogP contribution is 2.25. The van der Waals surface area contributed by atoms with Crippen molar-refractivity contribution >= 4 is 22.7 Å². The van der Waals surface area contributed by atoms with Crippen molar-refractivity contribution < 1.29 is 14.0 Å². The lowest BCUT2D eigenvalue weighted by Gasteiger charge is -2.34. The van der Waals surface area contributed by atoms with Crippen molar-refractivity contribution in [2.75, 3.05) is 76.1 Å². The molecule has 28 heavy (non-hydrogen) atoms. The van der Waals surface area contributed by atoms with Gasteiger partial charge in [-0.3, -0.25) is 0 Å². The van der Waals surface area contributed by atoms with Gasteiger partial charge in [0.1, 0.15) is 11.5 Å². The average molecular weight is 389 g/mol. The number of nitrogens with two attached hydrogens (primary N) is 2. The van der Waals surface area contributed by atoms with Crippen molar-refractivity contribution in [1.29, 1.82) is 0 Å². The summed E-state index contributed by atoms with van der Waals surface area (Å²) < 4.78 is 11.5. The number of hydrogen-bond donors (Lipinski definition) is 4. The second kappa shape index (κ2) is 9.94. The van der Waals surface area contributed by atoms with Gasteiger partial charge in [-0.05, 0) is 31.2 Å². The maximum absolute atomic E-state index is 5.87. The number of nitrogen functional groups attached to an aromatic ring is 2. The number of nitrogens with zero attached hydrogens (tertiary/aromatic N) is 1. The fourth-order valence-electron chi connectivity index (χ4n) is 3.01. The number of rotatable bonds is 11. The molecule has 2 rings (SSSR count). The molecule has 0 aromatic heterocycles. The quantitative estimate of drug-likeness (QED) is 0.349. The van der Waals surface area contributed by atoms with Crippen LogP contribution in [0.1, 0.15) is 6.92 Å². The predicted octanol–water partition coefficient (Wildman–Crippen LogP) is 2.86. The lowest BCUT2D eigenvalue weighted by molar-refractivity contribution is -0.904. The molecule has 0 bridgehead atoms. The van der Waals surface area contributed by atoms with Crippen LogP contribution in [-0.4, -0.2) is 58.5 Å². The van der Waals surface area contributed by atoms with Crippen LogP contribution >= 0.6 is 0 Å². The molecule has 0 heterocycles. The zero-order chi connectivity index (χ0) is 20.6. The van der Waals surface area contributed by atoms with Crippen molar-refractivity contribution in [3.8, 4) is 11.5 Å². The maximum Gasteiger partial charge on any atom is 0.143 e. The summed E-state index contributed by atoms with van der Waals surface area (Å²) in [5.41, 5.74) is 15.1. The zero-order valence-electron chi connectivity index (χ0n) is 17.4. The Morgan fingerprint density at radius 3 is 1.61 bits per heavy atom. The highest BCUT2D eigenvalue weighted by atomic mass is 16.5. The van der Waals surface area contributed by atoms with Gasteiger partial charge in [0.15, 0.2) is 0 Å². The van der Waals surface area contributed by atoms with Crippen LogP contribution in [0, 0.1) is 0 Å². The first-order valence-electron chi connectivity index (χ1n) is 9.59. The third kappa shape index (κ3) is 5.85. The fourth-order valence-corrected chi connectivity index (χ4v) is 3.01. The Balaban J connectivity index is 1.84. The van der Waals surface area contributed by atoms with Gasteiger partial charge in [-0.15, -0.1) is 0 Å². The van der Waals surface area contributed by atoms with Crippen LogP contribution in [0.4, 0.5) is 22.7 Å². The Morgan fingerprint density at radius 2 is 1.25 bits per heavy atom. The first-order valence-corrected chi connectivity index (χ1v) is 9.59. The summed E-state index contributed by atoms with van der Waals surface area (Å²) in [5, 5.41) is 6.93. The van der Waals surface area contributed by atoms with E-state index >= 15 is 0 Å². The molecule has 0 saturated carbocycles. The molecule has 0 radical (unpaired) electrons. The smallest absolute Gasteiger partial charge is 0.143 e. The molecule has 0 saturated heterocycles. The second-order valence-corrected chi connectivity index (χ2v) is 7.15. The number of ether oxygens (including phenoxy) is 2. The van der Waals surface area contributed by atoms with Gasteiger partial charge < -0.3 is 36.1 Å². The number of methoxy groups -OCH3 is 2. The van der Waals surface area contributed by atoms with Gasteiger partial charge in [0.05, 0.1) is 65.4 Å². The highest BCUT2D eigenvalue weighted by Gasteiger charge is 2.18. The lowest BCUT2D eigenvalue weighted by atomic mass is 10.2. The van der Waals surface area contributed by atoms with E-state index in [1.807, 2.05) is 36.4 Å². The average Bonchev–Trinajstić information content (AvgIpc) is 2.70. The molecule has 0 spiro atoms. The molecular weight excluding hydrogens is 354 g/mol. The van der Waals surface area contributed by atoms with Crippen molar-refractivity contribution in [2.24, 2.45) is 0 Å².